The van der Waals surface area contributed by atoms with Gasteiger partial charge in [0.2, 0.25) is 0 Å². The number of benzene rings is 9. The van der Waals surface area contributed by atoms with Crippen LogP contribution >= 0.6 is 0 Å². The molecule has 0 amide bonds. The maximum atomic E-state index is 10.2. The molecule has 0 aliphatic rings. The molecule has 9 aromatic rings. The first kappa shape index (κ1) is 11.8. The maximum absolute atomic E-state index is 10.2. The van der Waals surface area contributed by atoms with Gasteiger partial charge < -0.3 is 0 Å². The maximum Gasteiger partial charge on any atom is 0.0636 e. The molecule has 0 atom stereocenters. The predicted octanol–water partition coefficient (Wildman–Crippen LogP) is 12.5. The molecular formula is C44H28. The Hall–Kier alpha value is -5.72. The Morgan fingerprint density at radius 3 is 1.86 bits per heavy atom. The van der Waals surface area contributed by atoms with E-state index in [0.29, 0.717) is 10.8 Å². The van der Waals surface area contributed by atoms with Crippen LogP contribution in [0.1, 0.15) is 28.8 Å². The van der Waals surface area contributed by atoms with Crippen LogP contribution in [0.15, 0.2) is 169 Å². The Bertz CT molecular complexity index is 3710. The highest BCUT2D eigenvalue weighted by Crippen LogP contribution is 2.47. The van der Waals surface area contributed by atoms with Gasteiger partial charge in [0.25, 0.3) is 0 Å². The fraction of sp³-hybridized carbons (Fsp3) is 0. The van der Waals surface area contributed by atoms with E-state index in [2.05, 4.69) is 0 Å². The van der Waals surface area contributed by atoms with E-state index in [1.807, 2.05) is 0 Å². The molecule has 9 rings (SSSR count). The minimum Gasteiger partial charge on any atom is -0.0616 e. The van der Waals surface area contributed by atoms with E-state index in [9.17, 15) is 11.0 Å². The fourth-order valence-electron chi connectivity index (χ4n) is 5.71. The van der Waals surface area contributed by atoms with Gasteiger partial charge in [-0.05, 0) is 99.3 Å². The third-order valence-corrected chi connectivity index (χ3v) is 7.62. The molecular weight excluding hydrogens is 528 g/mol. The molecule has 0 unspecified atom stereocenters. The minimum atomic E-state index is -0.865. The smallest absolute Gasteiger partial charge is 0.0616 e. The summed E-state index contributed by atoms with van der Waals surface area (Å²) in [7, 11) is 0. The molecule has 0 bridgehead atoms. The van der Waals surface area contributed by atoms with Gasteiger partial charge in [-0.3, -0.25) is 0 Å². The first-order chi connectivity index (χ1) is 30.6. The lowest BCUT2D eigenvalue weighted by Crippen LogP contribution is -1.93. The minimum absolute atomic E-state index is 0.0893. The van der Waals surface area contributed by atoms with Gasteiger partial charge in [-0.1, -0.05) is 157 Å². The Labute approximate surface area is 286 Å². The molecule has 9 aromatic carbocycles. The Morgan fingerprint density at radius 1 is 0.318 bits per heavy atom. The van der Waals surface area contributed by atoms with Crippen LogP contribution in [0.3, 0.4) is 0 Å². The summed E-state index contributed by atoms with van der Waals surface area (Å²) in [6.07, 6.45) is 0. The van der Waals surface area contributed by atoms with E-state index in [4.69, 9.17) is 17.8 Å². The van der Waals surface area contributed by atoms with Crippen molar-refractivity contribution in [3.05, 3.63) is 169 Å². The molecule has 0 fully saturated rings. The van der Waals surface area contributed by atoms with Crippen LogP contribution in [0.25, 0.3) is 87.2 Å². The topological polar surface area (TPSA) is 0 Å². The first-order valence-corrected chi connectivity index (χ1v) is 13.6. The Morgan fingerprint density at radius 2 is 0.977 bits per heavy atom. The van der Waals surface area contributed by atoms with Crippen molar-refractivity contribution in [3.8, 4) is 33.4 Å². The number of hydrogen-bond acceptors (Lipinski definition) is 0. The molecule has 44 heavy (non-hydrogen) atoms. The number of hydrogen-bond donors (Lipinski definition) is 0. The first-order valence-electron chi connectivity index (χ1n) is 24.1. The SMILES string of the molecule is [2H]c1c([2H])c([2H])c2c([2H])c(-c3c4c([2H])c([2H])c([2H])c([2H])c4c(-c4cccc5ccccc45)c4c([2H])c([2H])c(-c5c([2H])c([2H])c([2H])c6c([2H])c([2H])c([2H])c([2H])c56)c([2H])c34)c([2H])c([2H])c2c1[2H]. The van der Waals surface area contributed by atoms with Gasteiger partial charge in [0, 0.05) is 0 Å². The second-order valence-electron chi connectivity index (χ2n) is 10.0. The van der Waals surface area contributed by atoms with Crippen molar-refractivity contribution >= 4 is 53.9 Å². The van der Waals surface area contributed by atoms with Crippen molar-refractivity contribution in [3.63, 3.8) is 0 Å². The van der Waals surface area contributed by atoms with Crippen molar-refractivity contribution in [1.82, 2.24) is 0 Å². The number of rotatable bonds is 3. The van der Waals surface area contributed by atoms with Crippen LogP contribution in [0.4, 0.5) is 0 Å². The van der Waals surface area contributed by atoms with Crippen molar-refractivity contribution in [2.24, 2.45) is 0 Å². The molecule has 0 saturated carbocycles. The summed E-state index contributed by atoms with van der Waals surface area (Å²) >= 11 is 0. The van der Waals surface area contributed by atoms with Gasteiger partial charge >= 0.3 is 0 Å². The van der Waals surface area contributed by atoms with Crippen LogP contribution in [0.2, 0.25) is 0 Å². The molecule has 204 valence electrons. The second-order valence-corrected chi connectivity index (χ2v) is 10.0. The lowest BCUT2D eigenvalue weighted by molar-refractivity contribution is 1.66. The van der Waals surface area contributed by atoms with E-state index in [0.717, 1.165) is 0 Å². The van der Waals surface area contributed by atoms with E-state index in [1.54, 1.807) is 42.5 Å². The van der Waals surface area contributed by atoms with Gasteiger partial charge in [0.05, 0.1) is 28.8 Å². The fourth-order valence-corrected chi connectivity index (χ4v) is 5.71. The van der Waals surface area contributed by atoms with Crippen LogP contribution in [0.5, 0.6) is 0 Å². The van der Waals surface area contributed by atoms with Crippen LogP contribution in [-0.4, -0.2) is 0 Å². The van der Waals surface area contributed by atoms with E-state index < -0.39 is 181 Å². The highest BCUT2D eigenvalue weighted by atomic mass is 14.2. The molecule has 0 nitrogen and oxygen atoms in total. The molecule has 0 aromatic heterocycles. The lowest BCUT2D eigenvalue weighted by Gasteiger charge is -2.20. The molecule has 0 saturated heterocycles. The molecule has 0 spiro atoms. The van der Waals surface area contributed by atoms with E-state index in [-0.39, 0.29) is 21.9 Å². The van der Waals surface area contributed by atoms with Crippen LogP contribution in [0, 0.1) is 0 Å². The summed E-state index contributed by atoms with van der Waals surface area (Å²) in [5.74, 6) is 0. The van der Waals surface area contributed by atoms with Gasteiger partial charge in [0.15, 0.2) is 0 Å². The average Bonchev–Trinajstić information content (AvgIpc) is 3.29. The van der Waals surface area contributed by atoms with Crippen molar-refractivity contribution < 1.29 is 28.8 Å². The summed E-state index contributed by atoms with van der Waals surface area (Å²) in [6, 6.07) is -4.60. The summed E-state index contributed by atoms with van der Waals surface area (Å²) in [6.45, 7) is 0. The van der Waals surface area contributed by atoms with Crippen molar-refractivity contribution in [1.29, 1.82) is 0 Å². The summed E-state index contributed by atoms with van der Waals surface area (Å²) in [5, 5.41) is -2.51. The van der Waals surface area contributed by atoms with Gasteiger partial charge in [0.1, 0.15) is 0 Å². The zero-order valence-corrected chi connectivity index (χ0v) is 22.5. The zero-order chi connectivity index (χ0) is 47.3. The quantitative estimate of drug-likeness (QED) is 0.183. The Balaban J connectivity index is 1.69. The lowest BCUT2D eigenvalue weighted by atomic mass is 9.83. The monoisotopic (exact) mass is 577 g/mol. The molecule has 0 heterocycles. The standard InChI is InChI=1S/C44H28/c1-2-14-32-27-34(24-23-29(32)11-1)43-39-19-7-8-20-40(39)44(38-22-10-16-31-13-4-6-18-36(31)38)41-26-25-33(28-42(41)43)37-21-9-15-30-12-3-5-17-35(30)37/h1-28H/i1D,2D,3D,5D,7D,8D,9D,11D,12D,14D,15D,17D,19D,20D,21D,23D,24D,25D,26D,27D,28D. The Kier molecular flexibility index (Phi) is 2.65. The highest BCUT2D eigenvalue weighted by Gasteiger charge is 2.19. The van der Waals surface area contributed by atoms with Crippen LogP contribution in [-0.2, 0) is 0 Å². The van der Waals surface area contributed by atoms with Gasteiger partial charge in [-0.25, -0.2) is 0 Å². The molecule has 0 N–H and O–H groups in total. The second kappa shape index (κ2) is 9.93. The van der Waals surface area contributed by atoms with Crippen molar-refractivity contribution in [2.45, 2.75) is 0 Å². The summed E-state index contributed by atoms with van der Waals surface area (Å²) in [4.78, 5) is 0. The van der Waals surface area contributed by atoms with Crippen molar-refractivity contribution in [2.75, 3.05) is 0 Å². The van der Waals surface area contributed by atoms with Gasteiger partial charge in [-0.2, -0.15) is 0 Å². The largest absolute Gasteiger partial charge is 0.0636 e. The van der Waals surface area contributed by atoms with E-state index >= 15 is 0 Å². The predicted molar refractivity (Wildman–Crippen MR) is 190 cm³/mol. The molecule has 0 heteroatoms. The zero-order valence-electron chi connectivity index (χ0n) is 43.5. The highest BCUT2D eigenvalue weighted by molar-refractivity contribution is 6.24. The van der Waals surface area contributed by atoms with E-state index in [1.165, 1.54) is 0 Å². The third-order valence-electron chi connectivity index (χ3n) is 7.62. The number of fused-ring (bicyclic) bond motifs is 5. The summed E-state index contributed by atoms with van der Waals surface area (Å²) < 4.78 is 190. The molecule has 0 aliphatic carbocycles. The normalized spacial score (nSPS) is 18.3. The molecule has 0 radical (unpaired) electrons. The summed E-state index contributed by atoms with van der Waals surface area (Å²) in [5.41, 5.74) is -2.30. The molecule has 0 aliphatic heterocycles. The van der Waals surface area contributed by atoms with Crippen LogP contribution < -0.4 is 0 Å². The van der Waals surface area contributed by atoms with Gasteiger partial charge in [-0.15, -0.1) is 0 Å². The average molecular weight is 578 g/mol. The third kappa shape index (κ3) is 3.85.